The Morgan fingerprint density at radius 1 is 1.24 bits per heavy atom. The first-order valence-electron chi connectivity index (χ1n) is 6.36. The topological polar surface area (TPSA) is 47.3 Å². The summed E-state index contributed by atoms with van der Waals surface area (Å²) in [5.74, 6) is 1.42. The van der Waals surface area contributed by atoms with Gasteiger partial charge in [-0.25, -0.2) is 0 Å². The minimum Gasteiger partial charge on any atom is -0.494 e. The summed E-state index contributed by atoms with van der Waals surface area (Å²) < 4.78 is 5.48. The summed E-state index contributed by atoms with van der Waals surface area (Å²) in [7, 11) is 0. The van der Waals surface area contributed by atoms with Crippen molar-refractivity contribution in [3.8, 4) is 5.75 Å². The van der Waals surface area contributed by atoms with Gasteiger partial charge in [0.05, 0.1) is 6.61 Å². The SMILES string of the molecule is CCOc1cc(N)cc(NC(CC)C(C)C)c1. The third-order valence-electron chi connectivity index (χ3n) is 2.84. The van der Waals surface area contributed by atoms with Gasteiger partial charge < -0.3 is 15.8 Å². The Morgan fingerprint density at radius 2 is 1.94 bits per heavy atom. The number of nitrogens with two attached hydrogens (primary N) is 1. The highest BCUT2D eigenvalue weighted by Crippen LogP contribution is 2.24. The van der Waals surface area contributed by atoms with Gasteiger partial charge in [-0.1, -0.05) is 20.8 Å². The van der Waals surface area contributed by atoms with Crippen LogP contribution in [0.5, 0.6) is 5.75 Å². The number of anilines is 2. The largest absolute Gasteiger partial charge is 0.494 e. The van der Waals surface area contributed by atoms with Crippen LogP contribution in [0.25, 0.3) is 0 Å². The second kappa shape index (κ2) is 6.38. The molecule has 0 aliphatic carbocycles. The number of nitrogens with one attached hydrogen (secondary N) is 1. The predicted molar refractivity (Wildman–Crippen MR) is 74.6 cm³/mol. The summed E-state index contributed by atoms with van der Waals surface area (Å²) in [6.45, 7) is 9.25. The van der Waals surface area contributed by atoms with Gasteiger partial charge in [0.1, 0.15) is 5.75 Å². The second-order valence-corrected chi connectivity index (χ2v) is 4.63. The molecule has 0 aromatic heterocycles. The normalized spacial score (nSPS) is 12.5. The second-order valence-electron chi connectivity index (χ2n) is 4.63. The van der Waals surface area contributed by atoms with E-state index >= 15 is 0 Å². The molecule has 0 heterocycles. The van der Waals surface area contributed by atoms with Gasteiger partial charge in [0.2, 0.25) is 0 Å². The van der Waals surface area contributed by atoms with E-state index in [2.05, 4.69) is 26.1 Å². The highest BCUT2D eigenvalue weighted by Gasteiger charge is 2.11. The van der Waals surface area contributed by atoms with Crippen LogP contribution in [0.15, 0.2) is 18.2 Å². The summed E-state index contributed by atoms with van der Waals surface area (Å²) >= 11 is 0. The molecule has 3 nitrogen and oxygen atoms in total. The van der Waals surface area contributed by atoms with Crippen molar-refractivity contribution in [1.29, 1.82) is 0 Å². The zero-order valence-corrected chi connectivity index (χ0v) is 11.3. The van der Waals surface area contributed by atoms with E-state index in [-0.39, 0.29) is 0 Å². The van der Waals surface area contributed by atoms with Crippen LogP contribution in [-0.4, -0.2) is 12.6 Å². The number of hydrogen-bond donors (Lipinski definition) is 2. The molecule has 3 N–H and O–H groups in total. The minimum absolute atomic E-state index is 0.464. The molecule has 0 spiro atoms. The summed E-state index contributed by atoms with van der Waals surface area (Å²) in [6.07, 6.45) is 1.09. The molecule has 0 bridgehead atoms. The Bertz CT molecular complexity index is 350. The highest BCUT2D eigenvalue weighted by atomic mass is 16.5. The molecule has 1 aromatic carbocycles. The third-order valence-corrected chi connectivity index (χ3v) is 2.84. The molecule has 0 aliphatic heterocycles. The van der Waals surface area contributed by atoms with E-state index in [0.717, 1.165) is 23.5 Å². The van der Waals surface area contributed by atoms with E-state index in [1.54, 1.807) is 0 Å². The molecule has 17 heavy (non-hydrogen) atoms. The van der Waals surface area contributed by atoms with Crippen molar-refractivity contribution in [3.63, 3.8) is 0 Å². The van der Waals surface area contributed by atoms with Crippen molar-refractivity contribution in [2.75, 3.05) is 17.7 Å². The quantitative estimate of drug-likeness (QED) is 0.743. The van der Waals surface area contributed by atoms with Crippen LogP contribution in [0.4, 0.5) is 11.4 Å². The summed E-state index contributed by atoms with van der Waals surface area (Å²) in [5, 5.41) is 3.51. The molecule has 0 radical (unpaired) electrons. The van der Waals surface area contributed by atoms with Crippen LogP contribution in [0.2, 0.25) is 0 Å². The molecule has 1 rings (SSSR count). The van der Waals surface area contributed by atoms with Crippen molar-refractivity contribution >= 4 is 11.4 Å². The van der Waals surface area contributed by atoms with Crippen LogP contribution < -0.4 is 15.8 Å². The zero-order valence-electron chi connectivity index (χ0n) is 11.3. The molecule has 96 valence electrons. The van der Waals surface area contributed by atoms with Crippen LogP contribution in [0.1, 0.15) is 34.1 Å². The third kappa shape index (κ3) is 4.17. The fourth-order valence-electron chi connectivity index (χ4n) is 1.91. The lowest BCUT2D eigenvalue weighted by Gasteiger charge is -2.22. The van der Waals surface area contributed by atoms with Crippen LogP contribution in [0.3, 0.4) is 0 Å². The first-order chi connectivity index (χ1) is 8.06. The minimum atomic E-state index is 0.464. The van der Waals surface area contributed by atoms with Crippen molar-refractivity contribution < 1.29 is 4.74 Å². The number of rotatable bonds is 6. The standard InChI is InChI=1S/C14H24N2O/c1-5-14(10(3)4)16-12-7-11(15)8-13(9-12)17-6-2/h7-10,14,16H,5-6,15H2,1-4H3. The van der Waals surface area contributed by atoms with E-state index in [9.17, 15) is 0 Å². The van der Waals surface area contributed by atoms with E-state index in [0.29, 0.717) is 18.6 Å². The van der Waals surface area contributed by atoms with Gasteiger partial charge in [-0.2, -0.15) is 0 Å². The monoisotopic (exact) mass is 236 g/mol. The highest BCUT2D eigenvalue weighted by molar-refractivity contribution is 5.59. The van der Waals surface area contributed by atoms with Crippen LogP contribution in [-0.2, 0) is 0 Å². The molecule has 1 aromatic rings. The van der Waals surface area contributed by atoms with Crippen molar-refractivity contribution in [3.05, 3.63) is 18.2 Å². The van der Waals surface area contributed by atoms with Gasteiger partial charge >= 0.3 is 0 Å². The first-order valence-corrected chi connectivity index (χ1v) is 6.36. The molecular formula is C14H24N2O. The zero-order chi connectivity index (χ0) is 12.8. The fraction of sp³-hybridized carbons (Fsp3) is 0.571. The van der Waals surface area contributed by atoms with Gasteiger partial charge in [-0.3, -0.25) is 0 Å². The Labute approximate surface area is 104 Å². The maximum atomic E-state index is 5.86. The lowest BCUT2D eigenvalue weighted by Crippen LogP contribution is -2.24. The smallest absolute Gasteiger partial charge is 0.123 e. The average molecular weight is 236 g/mol. The Morgan fingerprint density at radius 3 is 2.47 bits per heavy atom. The van der Waals surface area contributed by atoms with Gasteiger partial charge in [0, 0.05) is 29.5 Å². The molecule has 0 aliphatic rings. The van der Waals surface area contributed by atoms with Crippen molar-refractivity contribution in [2.45, 2.75) is 40.2 Å². The van der Waals surface area contributed by atoms with Gasteiger partial charge in [0.25, 0.3) is 0 Å². The number of hydrogen-bond acceptors (Lipinski definition) is 3. The maximum Gasteiger partial charge on any atom is 0.123 e. The van der Waals surface area contributed by atoms with E-state index in [4.69, 9.17) is 10.5 Å². The lowest BCUT2D eigenvalue weighted by molar-refractivity contribution is 0.340. The molecule has 1 atom stereocenters. The van der Waals surface area contributed by atoms with Crippen molar-refractivity contribution in [1.82, 2.24) is 0 Å². The Kier molecular flexibility index (Phi) is 5.13. The molecule has 1 unspecified atom stereocenters. The molecule has 0 fully saturated rings. The Balaban J connectivity index is 2.82. The van der Waals surface area contributed by atoms with Gasteiger partial charge in [0.15, 0.2) is 0 Å². The molecule has 0 amide bonds. The summed E-state index contributed by atoms with van der Waals surface area (Å²) in [4.78, 5) is 0. The van der Waals surface area contributed by atoms with E-state index < -0.39 is 0 Å². The summed E-state index contributed by atoms with van der Waals surface area (Å²) in [6, 6.07) is 6.27. The van der Waals surface area contributed by atoms with Gasteiger partial charge in [-0.05, 0) is 25.3 Å². The average Bonchev–Trinajstić information content (AvgIpc) is 2.25. The van der Waals surface area contributed by atoms with Crippen LogP contribution in [0, 0.1) is 5.92 Å². The fourth-order valence-corrected chi connectivity index (χ4v) is 1.91. The maximum absolute atomic E-state index is 5.86. The first kappa shape index (κ1) is 13.7. The number of ether oxygens (including phenoxy) is 1. The molecule has 0 saturated heterocycles. The lowest BCUT2D eigenvalue weighted by atomic mass is 10.0. The molecular weight excluding hydrogens is 212 g/mol. The number of benzene rings is 1. The number of nitrogen functional groups attached to an aromatic ring is 1. The van der Waals surface area contributed by atoms with Crippen molar-refractivity contribution in [2.24, 2.45) is 5.92 Å². The molecule has 3 heteroatoms. The van der Waals surface area contributed by atoms with Gasteiger partial charge in [-0.15, -0.1) is 0 Å². The predicted octanol–water partition coefficient (Wildman–Crippen LogP) is 3.51. The molecule has 0 saturated carbocycles. The summed E-state index contributed by atoms with van der Waals surface area (Å²) in [5.41, 5.74) is 7.63. The Hall–Kier alpha value is -1.38. The van der Waals surface area contributed by atoms with Crippen LogP contribution >= 0.6 is 0 Å². The van der Waals surface area contributed by atoms with E-state index in [1.807, 2.05) is 25.1 Å². The van der Waals surface area contributed by atoms with E-state index in [1.165, 1.54) is 0 Å².